The first-order valence-corrected chi connectivity index (χ1v) is 9.96. The monoisotopic (exact) mass is 406 g/mol. The molecule has 0 radical (unpaired) electrons. The summed E-state index contributed by atoms with van der Waals surface area (Å²) >= 11 is 12.6. The molecule has 1 atom stereocenters. The summed E-state index contributed by atoms with van der Waals surface area (Å²) in [5, 5.41) is 17.6. The molecule has 0 fully saturated rings. The van der Waals surface area contributed by atoms with Crippen LogP contribution < -0.4 is 10.6 Å². The molecule has 2 rings (SSSR count). The molecule has 0 unspecified atom stereocenters. The summed E-state index contributed by atoms with van der Waals surface area (Å²) < 4.78 is 0. The zero-order valence-electron chi connectivity index (χ0n) is 16.2. The van der Waals surface area contributed by atoms with Gasteiger partial charge in [-0.1, -0.05) is 48.8 Å². The van der Waals surface area contributed by atoms with Crippen molar-refractivity contribution in [2.75, 3.05) is 11.9 Å². The van der Waals surface area contributed by atoms with Crippen LogP contribution in [0.2, 0.25) is 10.0 Å². The molecule has 0 spiro atoms. The number of aryl methyl sites for hydroxylation is 2. The van der Waals surface area contributed by atoms with E-state index in [9.17, 15) is 0 Å². The summed E-state index contributed by atoms with van der Waals surface area (Å²) in [6.07, 6.45) is 1.48. The average Bonchev–Trinajstić information content (AvgIpc) is 2.62. The van der Waals surface area contributed by atoms with Gasteiger partial charge in [0.1, 0.15) is 0 Å². The van der Waals surface area contributed by atoms with Gasteiger partial charge in [0, 0.05) is 35.2 Å². The van der Waals surface area contributed by atoms with Gasteiger partial charge >= 0.3 is 0 Å². The zero-order valence-corrected chi connectivity index (χ0v) is 17.7. The van der Waals surface area contributed by atoms with E-state index in [1.807, 2.05) is 26.0 Å². The molecule has 0 amide bonds. The van der Waals surface area contributed by atoms with Crippen molar-refractivity contribution in [3.63, 3.8) is 0 Å². The van der Waals surface area contributed by atoms with E-state index in [1.165, 1.54) is 5.56 Å². The van der Waals surface area contributed by atoms with E-state index in [1.54, 1.807) is 0 Å². The van der Waals surface area contributed by atoms with Crippen molar-refractivity contribution in [1.29, 1.82) is 0 Å². The van der Waals surface area contributed by atoms with Crippen molar-refractivity contribution in [3.05, 3.63) is 75.0 Å². The highest BCUT2D eigenvalue weighted by molar-refractivity contribution is 6.32. The van der Waals surface area contributed by atoms with Crippen LogP contribution in [0.1, 0.15) is 48.1 Å². The van der Waals surface area contributed by atoms with E-state index in [2.05, 4.69) is 42.3 Å². The highest BCUT2D eigenvalue weighted by atomic mass is 35.5. The van der Waals surface area contributed by atoms with Gasteiger partial charge in [0.25, 0.3) is 0 Å². The first kappa shape index (κ1) is 21.6. The van der Waals surface area contributed by atoms with Gasteiger partial charge < -0.3 is 15.7 Å². The van der Waals surface area contributed by atoms with Gasteiger partial charge in [-0.2, -0.15) is 0 Å². The molecule has 2 aromatic rings. The number of benzene rings is 2. The third-order valence-electron chi connectivity index (χ3n) is 4.56. The predicted molar refractivity (Wildman–Crippen MR) is 117 cm³/mol. The molecule has 0 bridgehead atoms. The van der Waals surface area contributed by atoms with Crippen LogP contribution in [0.15, 0.2) is 42.7 Å². The van der Waals surface area contributed by atoms with Crippen LogP contribution >= 0.6 is 23.2 Å². The minimum absolute atomic E-state index is 0.184. The van der Waals surface area contributed by atoms with Gasteiger partial charge in [-0.05, 0) is 60.7 Å². The fraction of sp³-hybridized carbons (Fsp3) is 0.364. The van der Waals surface area contributed by atoms with E-state index in [-0.39, 0.29) is 11.8 Å². The van der Waals surface area contributed by atoms with Gasteiger partial charge in [0.15, 0.2) is 0 Å². The molecule has 146 valence electrons. The number of hydrogen-bond donors (Lipinski definition) is 3. The lowest BCUT2D eigenvalue weighted by atomic mass is 9.99. The second kappa shape index (κ2) is 10.0. The Morgan fingerprint density at radius 2 is 1.81 bits per heavy atom. The van der Waals surface area contributed by atoms with Crippen molar-refractivity contribution in [2.45, 2.75) is 46.2 Å². The standard InChI is InChI=1S/C22H28Cl2N2O/c1-5-21(17-10-14(2)22(24)15(3)11-17)26-19-6-7-20(23)18(12-19)13-25-9-8-16(4)27/h6-7,10-12,21,25-27H,4-5,8-9,13H2,1-3H3/t21-/m1/s1. The number of nitrogens with one attached hydrogen (secondary N) is 2. The molecular weight excluding hydrogens is 379 g/mol. The molecule has 0 saturated heterocycles. The Kier molecular flexibility index (Phi) is 8.03. The van der Waals surface area contributed by atoms with Crippen molar-refractivity contribution >= 4 is 28.9 Å². The molecule has 2 aromatic carbocycles. The molecule has 0 heterocycles. The molecule has 5 heteroatoms. The number of aliphatic hydroxyl groups excluding tert-OH is 1. The Morgan fingerprint density at radius 1 is 1.15 bits per heavy atom. The van der Waals surface area contributed by atoms with E-state index in [0.29, 0.717) is 19.5 Å². The second-order valence-corrected chi connectivity index (χ2v) is 7.66. The zero-order chi connectivity index (χ0) is 20.0. The lowest BCUT2D eigenvalue weighted by Crippen LogP contribution is -2.16. The normalized spacial score (nSPS) is 12.0. The Balaban J connectivity index is 2.13. The minimum atomic E-state index is 0.184. The summed E-state index contributed by atoms with van der Waals surface area (Å²) in [6.45, 7) is 11.0. The summed E-state index contributed by atoms with van der Waals surface area (Å²) in [6, 6.07) is 10.5. The Labute approximate surface area is 172 Å². The van der Waals surface area contributed by atoms with Crippen LogP contribution in [-0.2, 0) is 6.54 Å². The topological polar surface area (TPSA) is 44.3 Å². The molecule has 0 saturated carbocycles. The Hall–Kier alpha value is -1.68. The predicted octanol–water partition coefficient (Wildman–Crippen LogP) is 6.72. The summed E-state index contributed by atoms with van der Waals surface area (Å²) in [5.74, 6) is 0.184. The lowest BCUT2D eigenvalue weighted by molar-refractivity contribution is 0.387. The molecular formula is C22H28Cl2N2O. The number of hydrogen-bond acceptors (Lipinski definition) is 3. The third-order valence-corrected chi connectivity index (χ3v) is 5.53. The molecule has 3 N–H and O–H groups in total. The van der Waals surface area contributed by atoms with Crippen molar-refractivity contribution in [2.24, 2.45) is 0 Å². The van der Waals surface area contributed by atoms with Crippen molar-refractivity contribution < 1.29 is 5.11 Å². The van der Waals surface area contributed by atoms with Gasteiger partial charge in [-0.3, -0.25) is 0 Å². The smallest absolute Gasteiger partial charge is 0.0863 e. The van der Waals surface area contributed by atoms with Crippen LogP contribution in [0.3, 0.4) is 0 Å². The molecule has 0 aliphatic heterocycles. The minimum Gasteiger partial charge on any atom is -0.513 e. The van der Waals surface area contributed by atoms with Gasteiger partial charge in [-0.25, -0.2) is 0 Å². The number of rotatable bonds is 9. The van der Waals surface area contributed by atoms with Crippen LogP contribution in [0.4, 0.5) is 5.69 Å². The van der Waals surface area contributed by atoms with E-state index >= 15 is 0 Å². The number of halogens is 2. The summed E-state index contributed by atoms with van der Waals surface area (Å²) in [7, 11) is 0. The molecule has 0 aromatic heterocycles. The highest BCUT2D eigenvalue weighted by Gasteiger charge is 2.13. The van der Waals surface area contributed by atoms with E-state index < -0.39 is 0 Å². The maximum atomic E-state index is 9.16. The first-order valence-electron chi connectivity index (χ1n) is 9.20. The fourth-order valence-electron chi connectivity index (χ4n) is 3.06. The SMILES string of the molecule is C=C(O)CCNCc1cc(N[C@H](CC)c2cc(C)c(Cl)c(C)c2)ccc1Cl. The van der Waals surface area contributed by atoms with Gasteiger partial charge in [-0.15, -0.1) is 0 Å². The van der Waals surface area contributed by atoms with Gasteiger partial charge in [0.2, 0.25) is 0 Å². The van der Waals surface area contributed by atoms with Crippen LogP contribution in [-0.4, -0.2) is 11.7 Å². The van der Waals surface area contributed by atoms with E-state index in [4.69, 9.17) is 28.3 Å². The quantitative estimate of drug-likeness (QED) is 0.319. The van der Waals surface area contributed by atoms with E-state index in [0.717, 1.165) is 38.8 Å². The second-order valence-electron chi connectivity index (χ2n) is 6.87. The number of anilines is 1. The summed E-state index contributed by atoms with van der Waals surface area (Å²) in [4.78, 5) is 0. The summed E-state index contributed by atoms with van der Waals surface area (Å²) in [5.41, 5.74) is 5.47. The fourth-order valence-corrected chi connectivity index (χ4v) is 3.35. The largest absolute Gasteiger partial charge is 0.513 e. The maximum absolute atomic E-state index is 9.16. The van der Waals surface area contributed by atoms with Crippen LogP contribution in [0.25, 0.3) is 0 Å². The van der Waals surface area contributed by atoms with Crippen LogP contribution in [0, 0.1) is 13.8 Å². The Bertz CT molecular complexity index is 782. The van der Waals surface area contributed by atoms with Crippen LogP contribution in [0.5, 0.6) is 0 Å². The molecule has 0 aliphatic carbocycles. The van der Waals surface area contributed by atoms with Crippen molar-refractivity contribution in [1.82, 2.24) is 5.32 Å². The molecule has 0 aliphatic rings. The Morgan fingerprint density at radius 3 is 2.41 bits per heavy atom. The number of aliphatic hydroxyl groups is 1. The van der Waals surface area contributed by atoms with Crippen molar-refractivity contribution in [3.8, 4) is 0 Å². The third kappa shape index (κ3) is 6.17. The highest BCUT2D eigenvalue weighted by Crippen LogP contribution is 2.30. The first-order chi connectivity index (χ1) is 12.8. The average molecular weight is 407 g/mol. The maximum Gasteiger partial charge on any atom is 0.0863 e. The molecule has 27 heavy (non-hydrogen) atoms. The lowest BCUT2D eigenvalue weighted by Gasteiger charge is -2.21. The molecule has 3 nitrogen and oxygen atoms in total. The van der Waals surface area contributed by atoms with Gasteiger partial charge in [0.05, 0.1) is 11.8 Å².